The maximum atomic E-state index is 5.41. The molecule has 98 valence electrons. The highest BCUT2D eigenvalue weighted by atomic mass is 16.5. The Morgan fingerprint density at radius 1 is 1.22 bits per heavy atom. The molecule has 1 heteroatoms. The lowest BCUT2D eigenvalue weighted by atomic mass is 9.67. The minimum Gasteiger partial charge on any atom is -0.497 e. The van der Waals surface area contributed by atoms with E-state index in [1.54, 1.807) is 12.7 Å². The smallest absolute Gasteiger partial charge is 0.119 e. The molecule has 1 fully saturated rings. The average molecular weight is 244 g/mol. The average Bonchev–Trinajstić information content (AvgIpc) is 2.58. The SMILES string of the molecule is COc1ccc2c(c1)C(C)(C)[C@@H]1CC[C@@H](C)C[C@@H]21. The summed E-state index contributed by atoms with van der Waals surface area (Å²) in [4.78, 5) is 0. The van der Waals surface area contributed by atoms with Crippen LogP contribution in [0.25, 0.3) is 0 Å². The van der Waals surface area contributed by atoms with E-state index >= 15 is 0 Å². The minimum absolute atomic E-state index is 0.314. The van der Waals surface area contributed by atoms with Gasteiger partial charge in [0, 0.05) is 0 Å². The van der Waals surface area contributed by atoms with Gasteiger partial charge in [-0.2, -0.15) is 0 Å². The van der Waals surface area contributed by atoms with Gasteiger partial charge in [0.1, 0.15) is 5.75 Å². The standard InChI is InChI=1S/C17H24O/c1-11-5-8-15-14(9-11)13-7-6-12(18-4)10-16(13)17(15,2)3/h6-7,10-11,14-15H,5,8-9H2,1-4H3/t11-,14+,15-/m1/s1. The predicted molar refractivity (Wildman–Crippen MR) is 75.3 cm³/mol. The van der Waals surface area contributed by atoms with Crippen LogP contribution in [0.2, 0.25) is 0 Å². The van der Waals surface area contributed by atoms with Gasteiger partial charge >= 0.3 is 0 Å². The largest absolute Gasteiger partial charge is 0.497 e. The maximum Gasteiger partial charge on any atom is 0.119 e. The van der Waals surface area contributed by atoms with Gasteiger partial charge in [-0.25, -0.2) is 0 Å². The molecule has 0 aromatic heterocycles. The molecule has 0 spiro atoms. The molecule has 0 saturated heterocycles. The number of fused-ring (bicyclic) bond motifs is 3. The second-order valence-corrected chi connectivity index (χ2v) is 6.81. The first-order valence-corrected chi connectivity index (χ1v) is 7.22. The van der Waals surface area contributed by atoms with Crippen molar-refractivity contribution in [1.29, 1.82) is 0 Å². The Morgan fingerprint density at radius 3 is 2.72 bits per heavy atom. The normalized spacial score (nSPS) is 32.8. The third-order valence-electron chi connectivity index (χ3n) is 5.39. The summed E-state index contributed by atoms with van der Waals surface area (Å²) in [7, 11) is 1.76. The van der Waals surface area contributed by atoms with E-state index in [1.165, 1.54) is 24.8 Å². The van der Waals surface area contributed by atoms with Gasteiger partial charge in [-0.3, -0.25) is 0 Å². The lowest BCUT2D eigenvalue weighted by molar-refractivity contribution is 0.195. The van der Waals surface area contributed by atoms with E-state index in [0.29, 0.717) is 5.41 Å². The van der Waals surface area contributed by atoms with Crippen molar-refractivity contribution < 1.29 is 4.74 Å². The summed E-state index contributed by atoms with van der Waals surface area (Å²) in [6.45, 7) is 7.25. The molecule has 1 aromatic rings. The molecule has 1 saturated carbocycles. The highest BCUT2D eigenvalue weighted by molar-refractivity contribution is 5.47. The first-order chi connectivity index (χ1) is 8.54. The van der Waals surface area contributed by atoms with E-state index < -0.39 is 0 Å². The number of hydrogen-bond acceptors (Lipinski definition) is 1. The number of ether oxygens (including phenoxy) is 1. The Hall–Kier alpha value is -0.980. The fraction of sp³-hybridized carbons (Fsp3) is 0.647. The summed E-state index contributed by atoms with van der Waals surface area (Å²) >= 11 is 0. The number of rotatable bonds is 1. The van der Waals surface area contributed by atoms with Crippen LogP contribution in [0.3, 0.4) is 0 Å². The molecule has 1 nitrogen and oxygen atoms in total. The van der Waals surface area contributed by atoms with Crippen LogP contribution in [0.15, 0.2) is 18.2 Å². The zero-order valence-corrected chi connectivity index (χ0v) is 12.0. The highest BCUT2D eigenvalue weighted by Gasteiger charge is 2.47. The zero-order chi connectivity index (χ0) is 12.9. The lowest BCUT2D eigenvalue weighted by Gasteiger charge is -2.37. The molecule has 3 rings (SSSR count). The molecule has 0 unspecified atom stereocenters. The fourth-order valence-electron chi connectivity index (χ4n) is 4.33. The van der Waals surface area contributed by atoms with Gasteiger partial charge in [-0.15, -0.1) is 0 Å². The monoisotopic (exact) mass is 244 g/mol. The van der Waals surface area contributed by atoms with Crippen LogP contribution in [0.4, 0.5) is 0 Å². The topological polar surface area (TPSA) is 9.23 Å². The summed E-state index contributed by atoms with van der Waals surface area (Å²) < 4.78 is 5.41. The Kier molecular flexibility index (Phi) is 2.69. The Balaban J connectivity index is 2.08. The predicted octanol–water partition coefficient (Wildman–Crippen LogP) is 4.51. The van der Waals surface area contributed by atoms with Crippen molar-refractivity contribution in [3.63, 3.8) is 0 Å². The molecule has 0 radical (unpaired) electrons. The maximum absolute atomic E-state index is 5.41. The quantitative estimate of drug-likeness (QED) is 0.706. The van der Waals surface area contributed by atoms with Gasteiger partial charge in [0.2, 0.25) is 0 Å². The Morgan fingerprint density at radius 2 is 2.00 bits per heavy atom. The minimum atomic E-state index is 0.314. The van der Waals surface area contributed by atoms with E-state index in [1.807, 2.05) is 0 Å². The van der Waals surface area contributed by atoms with Crippen molar-refractivity contribution in [2.45, 2.75) is 51.4 Å². The van der Waals surface area contributed by atoms with Crippen LogP contribution in [0.5, 0.6) is 5.75 Å². The summed E-state index contributed by atoms with van der Waals surface area (Å²) in [5.74, 6) is 3.50. The van der Waals surface area contributed by atoms with Crippen molar-refractivity contribution in [2.75, 3.05) is 7.11 Å². The van der Waals surface area contributed by atoms with Gasteiger partial charge in [0.25, 0.3) is 0 Å². The first-order valence-electron chi connectivity index (χ1n) is 7.22. The molecule has 2 aliphatic rings. The van der Waals surface area contributed by atoms with E-state index in [9.17, 15) is 0 Å². The second kappa shape index (κ2) is 4.01. The molecule has 0 aliphatic heterocycles. The van der Waals surface area contributed by atoms with Gasteiger partial charge < -0.3 is 4.74 Å². The molecule has 0 N–H and O–H groups in total. The molecule has 3 atom stereocenters. The molecule has 18 heavy (non-hydrogen) atoms. The van der Waals surface area contributed by atoms with E-state index in [0.717, 1.165) is 23.5 Å². The van der Waals surface area contributed by atoms with Crippen LogP contribution in [0.1, 0.15) is 57.1 Å². The van der Waals surface area contributed by atoms with Crippen LogP contribution in [0, 0.1) is 11.8 Å². The molecular formula is C17H24O. The van der Waals surface area contributed by atoms with Crippen LogP contribution in [-0.2, 0) is 5.41 Å². The molecule has 0 bridgehead atoms. The van der Waals surface area contributed by atoms with Gasteiger partial charge in [0.05, 0.1) is 7.11 Å². The Labute approximate surface area is 111 Å². The lowest BCUT2D eigenvalue weighted by Crippen LogP contribution is -2.30. The van der Waals surface area contributed by atoms with Crippen molar-refractivity contribution >= 4 is 0 Å². The third-order valence-corrected chi connectivity index (χ3v) is 5.39. The van der Waals surface area contributed by atoms with Gasteiger partial charge in [-0.1, -0.05) is 33.3 Å². The molecule has 0 heterocycles. The van der Waals surface area contributed by atoms with Crippen molar-refractivity contribution in [3.8, 4) is 5.75 Å². The van der Waals surface area contributed by atoms with Crippen molar-refractivity contribution in [2.24, 2.45) is 11.8 Å². The molecule has 2 aliphatic carbocycles. The summed E-state index contributed by atoms with van der Waals surface area (Å²) in [6, 6.07) is 6.73. The van der Waals surface area contributed by atoms with E-state index in [-0.39, 0.29) is 0 Å². The fourth-order valence-corrected chi connectivity index (χ4v) is 4.33. The number of benzene rings is 1. The van der Waals surface area contributed by atoms with E-state index in [4.69, 9.17) is 4.74 Å². The summed E-state index contributed by atoms with van der Waals surface area (Å²) in [5.41, 5.74) is 3.44. The number of hydrogen-bond donors (Lipinski definition) is 0. The zero-order valence-electron chi connectivity index (χ0n) is 12.0. The molecule has 0 amide bonds. The van der Waals surface area contributed by atoms with Crippen molar-refractivity contribution in [3.05, 3.63) is 29.3 Å². The molecule has 1 aromatic carbocycles. The van der Waals surface area contributed by atoms with Gasteiger partial charge in [-0.05, 0) is 59.3 Å². The van der Waals surface area contributed by atoms with Crippen LogP contribution in [-0.4, -0.2) is 7.11 Å². The van der Waals surface area contributed by atoms with E-state index in [2.05, 4.69) is 39.0 Å². The van der Waals surface area contributed by atoms with Crippen LogP contribution < -0.4 is 4.74 Å². The summed E-state index contributed by atoms with van der Waals surface area (Å²) in [5, 5.41) is 0. The molecular weight excluding hydrogens is 220 g/mol. The van der Waals surface area contributed by atoms with Crippen LogP contribution >= 0.6 is 0 Å². The van der Waals surface area contributed by atoms with Crippen molar-refractivity contribution in [1.82, 2.24) is 0 Å². The highest BCUT2D eigenvalue weighted by Crippen LogP contribution is 2.57. The Bertz CT molecular complexity index is 461. The second-order valence-electron chi connectivity index (χ2n) is 6.81. The summed E-state index contributed by atoms with van der Waals surface area (Å²) in [6.07, 6.45) is 4.15. The first kappa shape index (κ1) is 12.1. The third kappa shape index (κ3) is 1.60. The number of methoxy groups -OCH3 is 1. The van der Waals surface area contributed by atoms with Gasteiger partial charge in [0.15, 0.2) is 0 Å².